The molecule has 1 fully saturated rings. The number of hydrogen-bond donors (Lipinski definition) is 3. The molecular weight excluding hydrogens is 454 g/mol. The van der Waals surface area contributed by atoms with Crippen molar-refractivity contribution in [3.63, 3.8) is 0 Å². The van der Waals surface area contributed by atoms with Gasteiger partial charge in [0.05, 0.1) is 11.7 Å². The van der Waals surface area contributed by atoms with E-state index in [0.717, 1.165) is 66.7 Å². The van der Waals surface area contributed by atoms with Gasteiger partial charge in [0.1, 0.15) is 23.6 Å². The number of anilines is 2. The molecule has 2 aromatic carbocycles. The zero-order valence-electron chi connectivity index (χ0n) is 20.6. The maximum absolute atomic E-state index is 13.2. The fraction of sp³-hybridized carbons (Fsp3) is 0.333. The lowest BCUT2D eigenvalue weighted by molar-refractivity contribution is 0.103. The number of rotatable bonds is 7. The van der Waals surface area contributed by atoms with Gasteiger partial charge in [0, 0.05) is 48.9 Å². The molecule has 0 bridgehead atoms. The number of phenolic OH excluding ortho intramolecular Hbond substituents is 1. The Hall–Kier alpha value is -3.98. The minimum absolute atomic E-state index is 0.115. The molecule has 2 aromatic heterocycles. The highest BCUT2D eigenvalue weighted by Crippen LogP contribution is 2.24. The molecule has 36 heavy (non-hydrogen) atoms. The summed E-state index contributed by atoms with van der Waals surface area (Å²) in [6.07, 6.45) is 5.96. The lowest BCUT2D eigenvalue weighted by Gasteiger charge is -2.33. The van der Waals surface area contributed by atoms with Crippen LogP contribution >= 0.6 is 0 Å². The van der Waals surface area contributed by atoms with Crippen molar-refractivity contribution in [2.75, 3.05) is 30.3 Å². The van der Waals surface area contributed by atoms with E-state index in [0.29, 0.717) is 23.0 Å². The van der Waals surface area contributed by atoms with E-state index in [4.69, 9.17) is 5.73 Å². The van der Waals surface area contributed by atoms with Crippen LogP contribution in [0.4, 0.5) is 11.5 Å². The Morgan fingerprint density at radius 3 is 2.78 bits per heavy atom. The van der Waals surface area contributed by atoms with Crippen molar-refractivity contribution >= 4 is 28.2 Å². The molecule has 9 heteroatoms. The third-order valence-electron chi connectivity index (χ3n) is 6.94. The molecule has 186 valence electrons. The highest BCUT2D eigenvalue weighted by molar-refractivity contribution is 6.10. The van der Waals surface area contributed by atoms with Crippen molar-refractivity contribution in [1.82, 2.24) is 25.1 Å². The summed E-state index contributed by atoms with van der Waals surface area (Å²) in [5.74, 6) is 0.900. The summed E-state index contributed by atoms with van der Waals surface area (Å²) in [5.41, 5.74) is 10.7. The number of aromatic nitrogens is 4. The number of phenols is 1. The molecule has 5 rings (SSSR count). The maximum atomic E-state index is 13.2. The molecule has 0 aliphatic carbocycles. The highest BCUT2D eigenvalue weighted by atomic mass is 16.3. The van der Waals surface area contributed by atoms with Gasteiger partial charge in [-0.3, -0.25) is 9.48 Å². The molecule has 1 aliphatic rings. The number of fused-ring (bicyclic) bond motifs is 1. The molecule has 4 aromatic rings. The zero-order valence-corrected chi connectivity index (χ0v) is 20.6. The summed E-state index contributed by atoms with van der Waals surface area (Å²) in [7, 11) is 1.90. The predicted octanol–water partition coefficient (Wildman–Crippen LogP) is 2.99. The van der Waals surface area contributed by atoms with E-state index in [2.05, 4.69) is 25.3 Å². The molecule has 1 saturated heterocycles. The number of nitrogen functional groups attached to an aromatic ring is 1. The molecule has 0 saturated carbocycles. The summed E-state index contributed by atoms with van der Waals surface area (Å²) in [6, 6.07) is 11.0. The van der Waals surface area contributed by atoms with Gasteiger partial charge in [0.15, 0.2) is 0 Å². The summed E-state index contributed by atoms with van der Waals surface area (Å²) in [5, 5.41) is 18.5. The van der Waals surface area contributed by atoms with E-state index in [9.17, 15) is 9.90 Å². The Balaban J connectivity index is 1.20. The smallest absolute Gasteiger partial charge is 0.211 e. The van der Waals surface area contributed by atoms with Crippen molar-refractivity contribution in [2.45, 2.75) is 32.2 Å². The Morgan fingerprint density at radius 2 is 1.97 bits per heavy atom. The first-order valence-corrected chi connectivity index (χ1v) is 12.2. The lowest BCUT2D eigenvalue weighted by Crippen LogP contribution is -2.43. The summed E-state index contributed by atoms with van der Waals surface area (Å²) in [4.78, 5) is 24.2. The molecule has 0 unspecified atom stereocenters. The molecular formula is C27H31N7O2. The second-order valence-corrected chi connectivity index (χ2v) is 9.44. The number of benzene rings is 2. The summed E-state index contributed by atoms with van der Waals surface area (Å²) in [6.45, 7) is 4.48. The molecule has 4 N–H and O–H groups in total. The van der Waals surface area contributed by atoms with Gasteiger partial charge in [-0.05, 0) is 74.2 Å². The number of aryl methyl sites for hydroxylation is 2. The third kappa shape index (κ3) is 4.87. The minimum Gasteiger partial charge on any atom is -0.508 e. The summed E-state index contributed by atoms with van der Waals surface area (Å²) >= 11 is 0. The fourth-order valence-electron chi connectivity index (χ4n) is 5.01. The van der Waals surface area contributed by atoms with Crippen LogP contribution in [0, 0.1) is 6.92 Å². The van der Waals surface area contributed by atoms with Crippen LogP contribution in [0.1, 0.15) is 40.0 Å². The van der Waals surface area contributed by atoms with Crippen molar-refractivity contribution in [1.29, 1.82) is 0 Å². The van der Waals surface area contributed by atoms with Crippen molar-refractivity contribution in [3.8, 4) is 5.75 Å². The number of carbonyl (C=O) groups is 1. The van der Waals surface area contributed by atoms with Gasteiger partial charge in [0.2, 0.25) is 5.78 Å². The monoisotopic (exact) mass is 485 g/mol. The van der Waals surface area contributed by atoms with Gasteiger partial charge < -0.3 is 21.1 Å². The number of carbonyl (C=O) groups excluding carboxylic acids is 1. The normalized spacial score (nSPS) is 14.4. The first-order valence-electron chi connectivity index (χ1n) is 12.2. The minimum atomic E-state index is -0.115. The van der Waals surface area contributed by atoms with Crippen LogP contribution < -0.4 is 16.0 Å². The molecule has 0 amide bonds. The number of ketones is 1. The Bertz CT molecular complexity index is 1410. The van der Waals surface area contributed by atoms with Crippen LogP contribution in [0.3, 0.4) is 0 Å². The molecule has 0 radical (unpaired) electrons. The van der Waals surface area contributed by atoms with Gasteiger partial charge in [-0.1, -0.05) is 0 Å². The van der Waals surface area contributed by atoms with E-state index >= 15 is 0 Å². The Labute approximate surface area is 210 Å². The maximum Gasteiger partial charge on any atom is 0.211 e. The van der Waals surface area contributed by atoms with Crippen LogP contribution in [0.15, 0.2) is 48.9 Å². The van der Waals surface area contributed by atoms with Crippen LogP contribution in [0.5, 0.6) is 5.75 Å². The fourth-order valence-corrected chi connectivity index (χ4v) is 5.01. The first-order chi connectivity index (χ1) is 17.4. The van der Waals surface area contributed by atoms with Gasteiger partial charge >= 0.3 is 0 Å². The average Bonchev–Trinajstić information content (AvgIpc) is 3.27. The highest BCUT2D eigenvalue weighted by Gasteiger charge is 2.22. The standard InChI is InChI=1S/C27H31N7O2/c1-17-11-19(12-20-15-32-33(2)26(17)20)27(36)24-14-25(31-16-30-24)34-9-6-21(7-10-34)29-8-5-18-13-22(35)3-4-23(18)28/h3-4,11-16,21,29,35H,5-10,28H2,1-2H3. The van der Waals surface area contributed by atoms with E-state index in [1.165, 1.54) is 6.33 Å². The van der Waals surface area contributed by atoms with Crippen molar-refractivity contribution in [3.05, 3.63) is 71.3 Å². The van der Waals surface area contributed by atoms with Gasteiger partial charge in [-0.15, -0.1) is 0 Å². The number of piperidine rings is 1. The quantitative estimate of drug-likeness (QED) is 0.207. The number of nitrogens with one attached hydrogen (secondary N) is 1. The van der Waals surface area contributed by atoms with Crippen molar-refractivity contribution in [2.24, 2.45) is 7.05 Å². The van der Waals surface area contributed by atoms with E-state index in [1.807, 2.05) is 30.8 Å². The number of aromatic hydroxyl groups is 1. The van der Waals surface area contributed by atoms with Gasteiger partial charge in [0.25, 0.3) is 0 Å². The molecule has 0 atom stereocenters. The van der Waals surface area contributed by atoms with Gasteiger partial charge in [-0.2, -0.15) is 5.10 Å². The zero-order chi connectivity index (χ0) is 25.2. The number of hydrogen-bond acceptors (Lipinski definition) is 8. The van der Waals surface area contributed by atoms with Crippen LogP contribution in [-0.4, -0.2) is 56.3 Å². The topological polar surface area (TPSA) is 122 Å². The predicted molar refractivity (Wildman–Crippen MR) is 140 cm³/mol. The average molecular weight is 486 g/mol. The molecule has 1 aliphatic heterocycles. The van der Waals surface area contributed by atoms with Crippen molar-refractivity contribution < 1.29 is 9.90 Å². The Kier molecular flexibility index (Phi) is 6.56. The molecule has 3 heterocycles. The van der Waals surface area contributed by atoms with E-state index in [-0.39, 0.29) is 11.5 Å². The summed E-state index contributed by atoms with van der Waals surface area (Å²) < 4.78 is 1.82. The molecule has 9 nitrogen and oxygen atoms in total. The third-order valence-corrected chi connectivity index (χ3v) is 6.94. The van der Waals surface area contributed by atoms with E-state index in [1.54, 1.807) is 30.5 Å². The largest absolute Gasteiger partial charge is 0.508 e. The van der Waals surface area contributed by atoms with Crippen LogP contribution in [0.25, 0.3) is 10.9 Å². The van der Waals surface area contributed by atoms with Gasteiger partial charge in [-0.25, -0.2) is 9.97 Å². The number of nitrogens with zero attached hydrogens (tertiary/aromatic N) is 5. The second-order valence-electron chi connectivity index (χ2n) is 9.44. The second kappa shape index (κ2) is 9.94. The van der Waals surface area contributed by atoms with Crippen LogP contribution in [-0.2, 0) is 13.5 Å². The first kappa shape index (κ1) is 23.7. The Morgan fingerprint density at radius 1 is 1.17 bits per heavy atom. The molecule has 0 spiro atoms. The SMILES string of the molecule is Cc1cc(C(=O)c2cc(N3CCC(NCCc4cc(O)ccc4N)CC3)ncn2)cc2cnn(C)c12. The lowest BCUT2D eigenvalue weighted by atomic mass is 10.0. The van der Waals surface area contributed by atoms with E-state index < -0.39 is 0 Å². The van der Waals surface area contributed by atoms with Crippen LogP contribution in [0.2, 0.25) is 0 Å². The number of nitrogens with two attached hydrogens (primary N) is 1.